The smallest absolute Gasteiger partial charge is 0.271 e. The predicted molar refractivity (Wildman–Crippen MR) is 69.1 cm³/mol. The van der Waals surface area contributed by atoms with Gasteiger partial charge >= 0.3 is 0 Å². The SMILES string of the molecule is O=C(c1cc(-c2ccccc2F)n[nH]1)N1CCCC1. The quantitative estimate of drug-likeness (QED) is 0.900. The molecule has 1 fully saturated rings. The van der Waals surface area contributed by atoms with Crippen molar-refractivity contribution in [1.82, 2.24) is 15.1 Å². The van der Waals surface area contributed by atoms with Gasteiger partial charge < -0.3 is 4.90 Å². The number of nitrogens with one attached hydrogen (secondary N) is 1. The summed E-state index contributed by atoms with van der Waals surface area (Å²) in [4.78, 5) is 13.9. The van der Waals surface area contributed by atoms with Crippen LogP contribution in [-0.2, 0) is 0 Å². The van der Waals surface area contributed by atoms with Crippen molar-refractivity contribution in [3.05, 3.63) is 41.8 Å². The molecule has 0 unspecified atom stereocenters. The molecule has 19 heavy (non-hydrogen) atoms. The first kappa shape index (κ1) is 11.9. The van der Waals surface area contributed by atoms with Crippen molar-refractivity contribution in [2.75, 3.05) is 13.1 Å². The number of hydrogen-bond donors (Lipinski definition) is 1. The Hall–Kier alpha value is -2.17. The second-order valence-electron chi connectivity index (χ2n) is 4.65. The van der Waals surface area contributed by atoms with Crippen molar-refractivity contribution >= 4 is 5.91 Å². The van der Waals surface area contributed by atoms with Crippen LogP contribution >= 0.6 is 0 Å². The summed E-state index contributed by atoms with van der Waals surface area (Å²) in [7, 11) is 0. The average molecular weight is 259 g/mol. The van der Waals surface area contributed by atoms with E-state index < -0.39 is 0 Å². The van der Waals surface area contributed by atoms with E-state index in [9.17, 15) is 9.18 Å². The minimum atomic E-state index is -0.339. The van der Waals surface area contributed by atoms with Gasteiger partial charge in [0.2, 0.25) is 0 Å². The molecule has 3 rings (SSSR count). The van der Waals surface area contributed by atoms with Crippen LogP contribution in [0.5, 0.6) is 0 Å². The van der Waals surface area contributed by atoms with Gasteiger partial charge in [-0.15, -0.1) is 0 Å². The fraction of sp³-hybridized carbons (Fsp3) is 0.286. The van der Waals surface area contributed by atoms with E-state index >= 15 is 0 Å². The number of rotatable bonds is 2. The van der Waals surface area contributed by atoms with E-state index in [1.807, 2.05) is 0 Å². The molecule has 0 atom stereocenters. The van der Waals surface area contributed by atoms with Crippen molar-refractivity contribution in [3.63, 3.8) is 0 Å². The van der Waals surface area contributed by atoms with Crippen LogP contribution in [0.3, 0.4) is 0 Å². The summed E-state index contributed by atoms with van der Waals surface area (Å²) >= 11 is 0. The molecule has 0 radical (unpaired) electrons. The number of aromatic nitrogens is 2. The predicted octanol–water partition coefficient (Wildman–Crippen LogP) is 2.45. The molecule has 5 heteroatoms. The molecule has 1 aromatic heterocycles. The third kappa shape index (κ3) is 2.23. The first-order valence-electron chi connectivity index (χ1n) is 6.35. The third-order valence-electron chi connectivity index (χ3n) is 3.35. The monoisotopic (exact) mass is 259 g/mol. The minimum Gasteiger partial charge on any atom is -0.337 e. The lowest BCUT2D eigenvalue weighted by Gasteiger charge is -2.12. The maximum atomic E-state index is 13.6. The molecule has 1 aliphatic heterocycles. The van der Waals surface area contributed by atoms with Crippen LogP contribution in [0.15, 0.2) is 30.3 Å². The van der Waals surface area contributed by atoms with Gasteiger partial charge in [0, 0.05) is 18.7 Å². The van der Waals surface area contributed by atoms with Gasteiger partial charge in [0.25, 0.3) is 5.91 Å². The number of carbonyl (C=O) groups excluding carboxylic acids is 1. The Balaban J connectivity index is 1.87. The molecule has 1 saturated heterocycles. The molecule has 0 spiro atoms. The number of hydrogen-bond acceptors (Lipinski definition) is 2. The molecule has 1 aliphatic rings. The van der Waals surface area contributed by atoms with Crippen molar-refractivity contribution in [1.29, 1.82) is 0 Å². The zero-order chi connectivity index (χ0) is 13.2. The molecule has 1 aromatic carbocycles. The summed E-state index contributed by atoms with van der Waals surface area (Å²) in [5.74, 6) is -0.401. The molecular weight excluding hydrogens is 245 g/mol. The minimum absolute atomic E-state index is 0.0624. The number of amides is 1. The summed E-state index contributed by atoms with van der Waals surface area (Å²) in [6, 6.07) is 8.01. The number of benzene rings is 1. The Bertz CT molecular complexity index is 602. The van der Waals surface area contributed by atoms with Crippen LogP contribution in [0.1, 0.15) is 23.3 Å². The van der Waals surface area contributed by atoms with E-state index in [-0.39, 0.29) is 11.7 Å². The molecule has 0 saturated carbocycles. The van der Waals surface area contributed by atoms with Gasteiger partial charge in [0.1, 0.15) is 11.5 Å². The first-order chi connectivity index (χ1) is 9.25. The van der Waals surface area contributed by atoms with Crippen molar-refractivity contribution in [2.24, 2.45) is 0 Å². The van der Waals surface area contributed by atoms with E-state index in [4.69, 9.17) is 0 Å². The molecule has 4 nitrogen and oxygen atoms in total. The zero-order valence-corrected chi connectivity index (χ0v) is 10.4. The van der Waals surface area contributed by atoms with Crippen molar-refractivity contribution in [3.8, 4) is 11.3 Å². The van der Waals surface area contributed by atoms with Crippen molar-refractivity contribution in [2.45, 2.75) is 12.8 Å². The number of carbonyl (C=O) groups is 1. The lowest BCUT2D eigenvalue weighted by Crippen LogP contribution is -2.27. The van der Waals surface area contributed by atoms with E-state index in [2.05, 4.69) is 10.2 Å². The van der Waals surface area contributed by atoms with Gasteiger partial charge in [-0.25, -0.2) is 4.39 Å². The normalized spacial score (nSPS) is 14.9. The topological polar surface area (TPSA) is 49.0 Å². The summed E-state index contributed by atoms with van der Waals surface area (Å²) in [5, 5.41) is 6.73. The maximum absolute atomic E-state index is 13.6. The van der Waals surface area contributed by atoms with Gasteiger partial charge in [0.05, 0.1) is 5.69 Å². The Morgan fingerprint density at radius 1 is 1.26 bits per heavy atom. The van der Waals surface area contributed by atoms with Crippen LogP contribution in [0.2, 0.25) is 0 Å². The highest BCUT2D eigenvalue weighted by Crippen LogP contribution is 2.22. The highest BCUT2D eigenvalue weighted by molar-refractivity contribution is 5.93. The Kier molecular flexibility index (Phi) is 3.03. The first-order valence-corrected chi connectivity index (χ1v) is 6.35. The lowest BCUT2D eigenvalue weighted by molar-refractivity contribution is 0.0787. The van der Waals surface area contributed by atoms with Gasteiger partial charge in [-0.2, -0.15) is 5.10 Å². The van der Waals surface area contributed by atoms with Crippen LogP contribution in [-0.4, -0.2) is 34.1 Å². The Morgan fingerprint density at radius 2 is 2.00 bits per heavy atom. The van der Waals surface area contributed by atoms with E-state index in [0.717, 1.165) is 25.9 Å². The molecule has 2 aromatic rings. The molecule has 1 amide bonds. The van der Waals surface area contributed by atoms with Crippen LogP contribution < -0.4 is 0 Å². The largest absolute Gasteiger partial charge is 0.337 e. The highest BCUT2D eigenvalue weighted by atomic mass is 19.1. The fourth-order valence-electron chi connectivity index (χ4n) is 2.33. The van der Waals surface area contributed by atoms with E-state index in [1.54, 1.807) is 29.2 Å². The summed E-state index contributed by atoms with van der Waals surface area (Å²) in [6.45, 7) is 1.57. The molecule has 2 heterocycles. The average Bonchev–Trinajstić information content (AvgIpc) is 3.10. The van der Waals surface area contributed by atoms with Crippen LogP contribution in [0, 0.1) is 5.82 Å². The van der Waals surface area contributed by atoms with Crippen LogP contribution in [0.4, 0.5) is 4.39 Å². The third-order valence-corrected chi connectivity index (χ3v) is 3.35. The Morgan fingerprint density at radius 3 is 2.74 bits per heavy atom. The maximum Gasteiger partial charge on any atom is 0.271 e. The highest BCUT2D eigenvalue weighted by Gasteiger charge is 2.21. The number of likely N-dealkylation sites (tertiary alicyclic amines) is 1. The second-order valence-corrected chi connectivity index (χ2v) is 4.65. The summed E-state index contributed by atoms with van der Waals surface area (Å²) in [6.07, 6.45) is 2.08. The fourth-order valence-corrected chi connectivity index (χ4v) is 2.33. The number of H-pyrrole nitrogens is 1. The van der Waals surface area contributed by atoms with Gasteiger partial charge in [-0.1, -0.05) is 12.1 Å². The second kappa shape index (κ2) is 4.84. The van der Waals surface area contributed by atoms with Crippen molar-refractivity contribution < 1.29 is 9.18 Å². The van der Waals surface area contributed by atoms with Gasteiger partial charge in [-0.05, 0) is 31.0 Å². The molecule has 98 valence electrons. The van der Waals surface area contributed by atoms with Gasteiger partial charge in [0.15, 0.2) is 0 Å². The summed E-state index contributed by atoms with van der Waals surface area (Å²) < 4.78 is 13.6. The van der Waals surface area contributed by atoms with E-state index in [0.29, 0.717) is 17.0 Å². The molecule has 0 aliphatic carbocycles. The standard InChI is InChI=1S/C14H14FN3O/c15-11-6-2-1-5-10(11)12-9-13(17-16-12)14(19)18-7-3-4-8-18/h1-2,5-6,9H,3-4,7-8H2,(H,16,17). The van der Waals surface area contributed by atoms with Crippen LogP contribution in [0.25, 0.3) is 11.3 Å². The zero-order valence-electron chi connectivity index (χ0n) is 10.4. The van der Waals surface area contributed by atoms with E-state index in [1.165, 1.54) is 6.07 Å². The number of halogens is 1. The Labute approximate surface area is 110 Å². The summed E-state index contributed by atoms with van der Waals surface area (Å²) in [5.41, 5.74) is 1.28. The number of aromatic amines is 1. The van der Waals surface area contributed by atoms with Gasteiger partial charge in [-0.3, -0.25) is 9.89 Å². The number of nitrogens with zero attached hydrogens (tertiary/aromatic N) is 2. The molecular formula is C14H14FN3O. The lowest BCUT2D eigenvalue weighted by atomic mass is 10.1. The molecule has 1 N–H and O–H groups in total. The molecule has 0 bridgehead atoms.